The molecule has 0 aliphatic carbocycles. The van der Waals surface area contributed by atoms with Crippen molar-refractivity contribution in [2.45, 2.75) is 142 Å². The molecule has 0 aliphatic heterocycles. The number of carbonyl (C=O) groups is 4. The molecule has 1 atom stereocenters. The molecule has 1 N–H and O–H groups in total. The van der Waals surface area contributed by atoms with Crippen LogP contribution in [0.2, 0.25) is 0 Å². The smallest absolute Gasteiger partial charge is 0.329 e. The Balaban J connectivity index is 1.63. The SMILES string of the molecule is CC(C)(C)OC(=O)CCc1ccc(CCCCCCCCC(=O)N[C@@H](CCC(=O)OCc2ccccc2)C(=O)OC(C)(C)C)cc1. The van der Waals surface area contributed by atoms with E-state index in [2.05, 4.69) is 29.6 Å². The van der Waals surface area contributed by atoms with E-state index >= 15 is 0 Å². The summed E-state index contributed by atoms with van der Waals surface area (Å²) in [5.74, 6) is -1.37. The maximum Gasteiger partial charge on any atom is 0.329 e. The normalized spacial score (nSPS) is 12.2. The predicted octanol–water partition coefficient (Wildman–Crippen LogP) is 7.58. The zero-order chi connectivity index (χ0) is 34.0. The highest BCUT2D eigenvalue weighted by atomic mass is 16.6. The lowest BCUT2D eigenvalue weighted by atomic mass is 10.0. The lowest BCUT2D eigenvalue weighted by Crippen LogP contribution is -2.44. The highest BCUT2D eigenvalue weighted by Gasteiger charge is 2.27. The lowest BCUT2D eigenvalue weighted by Gasteiger charge is -2.24. The van der Waals surface area contributed by atoms with Crippen molar-refractivity contribution in [3.63, 3.8) is 0 Å². The molecular weight excluding hydrogens is 582 g/mol. The van der Waals surface area contributed by atoms with Crippen molar-refractivity contribution in [3.8, 4) is 0 Å². The molecule has 2 rings (SSSR count). The van der Waals surface area contributed by atoms with E-state index in [1.165, 1.54) is 5.56 Å². The topological polar surface area (TPSA) is 108 Å². The van der Waals surface area contributed by atoms with Crippen LogP contribution in [0.15, 0.2) is 54.6 Å². The number of ether oxygens (including phenoxy) is 3. The minimum atomic E-state index is -0.907. The second-order valence-corrected chi connectivity index (χ2v) is 13.9. The van der Waals surface area contributed by atoms with Gasteiger partial charge >= 0.3 is 17.9 Å². The van der Waals surface area contributed by atoms with Crippen LogP contribution in [0.1, 0.15) is 122 Å². The van der Waals surface area contributed by atoms with Crippen molar-refractivity contribution in [1.29, 1.82) is 0 Å². The Labute approximate surface area is 276 Å². The van der Waals surface area contributed by atoms with Crippen molar-refractivity contribution in [2.75, 3.05) is 0 Å². The maximum atomic E-state index is 12.8. The summed E-state index contributed by atoms with van der Waals surface area (Å²) in [5.41, 5.74) is 2.15. The first-order valence-corrected chi connectivity index (χ1v) is 16.7. The molecule has 0 fully saturated rings. The molecular formula is C38H55NO7. The van der Waals surface area contributed by atoms with Gasteiger partial charge in [-0.3, -0.25) is 14.4 Å². The molecule has 0 saturated carbocycles. The van der Waals surface area contributed by atoms with Gasteiger partial charge in [-0.05, 0) is 90.3 Å². The Bertz CT molecular complexity index is 1210. The fourth-order valence-electron chi connectivity index (χ4n) is 4.79. The van der Waals surface area contributed by atoms with E-state index in [0.29, 0.717) is 19.3 Å². The highest BCUT2D eigenvalue weighted by Crippen LogP contribution is 2.15. The molecule has 0 heterocycles. The standard InChI is InChI=1S/C38H55NO7/c1-37(2,3)45-35(42)26-24-30-22-20-29(21-23-30)16-12-9-7-8-10-15-19-33(40)39-32(36(43)46-38(4,5)6)25-27-34(41)44-28-31-17-13-11-14-18-31/h11,13-14,17-18,20-23,32H,7-10,12,15-16,19,24-28H2,1-6H3,(H,39,40)/t32-/m0/s1. The Hall–Kier alpha value is -3.68. The number of esters is 3. The first kappa shape index (κ1) is 38.5. The summed E-state index contributed by atoms with van der Waals surface area (Å²) in [6.07, 6.45) is 8.53. The number of hydrogen-bond acceptors (Lipinski definition) is 7. The van der Waals surface area contributed by atoms with Crippen LogP contribution in [0.25, 0.3) is 0 Å². The average molecular weight is 638 g/mol. The number of carbonyl (C=O) groups excluding carboxylic acids is 4. The van der Waals surface area contributed by atoms with E-state index in [1.807, 2.05) is 51.1 Å². The molecule has 2 aromatic rings. The van der Waals surface area contributed by atoms with Crippen LogP contribution in [-0.2, 0) is 52.8 Å². The quantitative estimate of drug-likeness (QED) is 0.0961. The average Bonchev–Trinajstić information content (AvgIpc) is 2.97. The van der Waals surface area contributed by atoms with Gasteiger partial charge in [0.25, 0.3) is 0 Å². The summed E-state index contributed by atoms with van der Waals surface area (Å²) in [4.78, 5) is 49.7. The van der Waals surface area contributed by atoms with Gasteiger partial charge < -0.3 is 19.5 Å². The summed E-state index contributed by atoms with van der Waals surface area (Å²) < 4.78 is 16.2. The van der Waals surface area contributed by atoms with E-state index in [9.17, 15) is 19.2 Å². The van der Waals surface area contributed by atoms with Crippen LogP contribution in [0.3, 0.4) is 0 Å². The highest BCUT2D eigenvalue weighted by molar-refractivity contribution is 5.85. The van der Waals surface area contributed by atoms with Crippen molar-refractivity contribution in [2.24, 2.45) is 0 Å². The monoisotopic (exact) mass is 637 g/mol. The third kappa shape index (κ3) is 18.3. The first-order chi connectivity index (χ1) is 21.7. The molecule has 0 unspecified atom stereocenters. The van der Waals surface area contributed by atoms with Crippen molar-refractivity contribution in [3.05, 3.63) is 71.3 Å². The maximum absolute atomic E-state index is 12.8. The first-order valence-electron chi connectivity index (χ1n) is 16.7. The fraction of sp³-hybridized carbons (Fsp3) is 0.579. The molecule has 254 valence electrons. The molecule has 8 nitrogen and oxygen atoms in total. The second-order valence-electron chi connectivity index (χ2n) is 13.9. The minimum Gasteiger partial charge on any atom is -0.461 e. The number of hydrogen-bond donors (Lipinski definition) is 1. The van der Waals surface area contributed by atoms with Gasteiger partial charge in [0.1, 0.15) is 23.9 Å². The zero-order valence-corrected chi connectivity index (χ0v) is 28.8. The Morgan fingerprint density at radius 2 is 1.17 bits per heavy atom. The van der Waals surface area contributed by atoms with E-state index in [-0.39, 0.29) is 31.3 Å². The van der Waals surface area contributed by atoms with Crippen molar-refractivity contribution >= 4 is 23.8 Å². The van der Waals surface area contributed by atoms with Gasteiger partial charge in [-0.1, -0.05) is 80.3 Å². The fourth-order valence-corrected chi connectivity index (χ4v) is 4.79. The summed E-state index contributed by atoms with van der Waals surface area (Å²) in [6.45, 7) is 11.1. The molecule has 0 saturated heterocycles. The number of benzene rings is 2. The van der Waals surface area contributed by atoms with Crippen molar-refractivity contribution in [1.82, 2.24) is 5.32 Å². The molecule has 8 heteroatoms. The largest absolute Gasteiger partial charge is 0.461 e. The van der Waals surface area contributed by atoms with Gasteiger partial charge in [-0.15, -0.1) is 0 Å². The van der Waals surface area contributed by atoms with Crippen LogP contribution in [0.4, 0.5) is 0 Å². The summed E-state index contributed by atoms with van der Waals surface area (Å²) in [7, 11) is 0. The molecule has 0 bridgehead atoms. The molecule has 0 radical (unpaired) electrons. The van der Waals surface area contributed by atoms with Crippen LogP contribution in [-0.4, -0.2) is 41.1 Å². The summed E-state index contributed by atoms with van der Waals surface area (Å²) in [6, 6.07) is 16.9. The Kier molecular flexibility index (Phi) is 16.5. The number of rotatable bonds is 19. The van der Waals surface area contributed by atoms with Gasteiger partial charge in [0.05, 0.1) is 0 Å². The summed E-state index contributed by atoms with van der Waals surface area (Å²) in [5, 5.41) is 2.78. The van der Waals surface area contributed by atoms with E-state index < -0.39 is 29.2 Å². The number of unbranched alkanes of at least 4 members (excludes halogenated alkanes) is 5. The van der Waals surface area contributed by atoms with Crippen molar-refractivity contribution < 1.29 is 33.4 Å². The summed E-state index contributed by atoms with van der Waals surface area (Å²) >= 11 is 0. The molecule has 46 heavy (non-hydrogen) atoms. The van der Waals surface area contributed by atoms with E-state index in [0.717, 1.165) is 56.1 Å². The number of aryl methyl sites for hydroxylation is 2. The second kappa shape index (κ2) is 19.7. The Morgan fingerprint density at radius 1 is 0.609 bits per heavy atom. The molecule has 1 amide bonds. The predicted molar refractivity (Wildman–Crippen MR) is 180 cm³/mol. The number of nitrogens with one attached hydrogen (secondary N) is 1. The van der Waals surface area contributed by atoms with Gasteiger partial charge in [0.15, 0.2) is 0 Å². The lowest BCUT2D eigenvalue weighted by molar-refractivity contribution is -0.159. The third-order valence-electron chi connectivity index (χ3n) is 7.09. The van der Waals surface area contributed by atoms with E-state index in [4.69, 9.17) is 14.2 Å². The minimum absolute atomic E-state index is 0.00470. The molecule has 2 aromatic carbocycles. The Morgan fingerprint density at radius 3 is 1.78 bits per heavy atom. The molecule has 0 spiro atoms. The van der Waals surface area contributed by atoms with Gasteiger partial charge in [0, 0.05) is 19.3 Å². The van der Waals surface area contributed by atoms with Crippen LogP contribution < -0.4 is 5.32 Å². The molecule has 0 aromatic heterocycles. The van der Waals surface area contributed by atoms with Crippen LogP contribution >= 0.6 is 0 Å². The zero-order valence-electron chi connectivity index (χ0n) is 28.8. The van der Waals surface area contributed by atoms with Gasteiger partial charge in [-0.2, -0.15) is 0 Å². The van der Waals surface area contributed by atoms with E-state index in [1.54, 1.807) is 20.8 Å². The number of amides is 1. The van der Waals surface area contributed by atoms with Crippen LogP contribution in [0, 0.1) is 0 Å². The van der Waals surface area contributed by atoms with Gasteiger partial charge in [-0.25, -0.2) is 4.79 Å². The molecule has 0 aliphatic rings. The van der Waals surface area contributed by atoms with Crippen LogP contribution in [0.5, 0.6) is 0 Å². The van der Waals surface area contributed by atoms with Gasteiger partial charge in [0.2, 0.25) is 5.91 Å². The third-order valence-corrected chi connectivity index (χ3v) is 7.09.